The molecule has 0 heterocycles. The Morgan fingerprint density at radius 3 is 1.64 bits per heavy atom. The van der Waals surface area contributed by atoms with E-state index in [1.807, 2.05) is 0 Å². The van der Waals surface area contributed by atoms with E-state index in [0.717, 1.165) is 64.6 Å². The summed E-state index contributed by atoms with van der Waals surface area (Å²) in [5, 5.41) is 10.8. The Bertz CT molecular complexity index is 352. The number of aliphatic hydroxyl groups excluding tert-OH is 1. The van der Waals surface area contributed by atoms with E-state index in [9.17, 15) is 5.11 Å². The zero-order chi connectivity index (χ0) is 20.6. The molecule has 1 rings (SSSR count). The van der Waals surface area contributed by atoms with Gasteiger partial charge in [0.1, 0.15) is 12.2 Å². The van der Waals surface area contributed by atoms with E-state index >= 15 is 0 Å². The van der Waals surface area contributed by atoms with Crippen LogP contribution in [0.1, 0.15) is 85.5 Å². The molecule has 1 saturated carbocycles. The predicted molar refractivity (Wildman–Crippen MR) is 114 cm³/mol. The Labute approximate surface area is 173 Å². The van der Waals surface area contributed by atoms with Crippen molar-refractivity contribution in [3.63, 3.8) is 0 Å². The highest BCUT2D eigenvalue weighted by Gasteiger charge is 2.46. The first-order chi connectivity index (χ1) is 13.7. The third kappa shape index (κ3) is 9.53. The zero-order valence-electron chi connectivity index (χ0n) is 18.9. The lowest BCUT2D eigenvalue weighted by molar-refractivity contribution is -0.216. The van der Waals surface area contributed by atoms with Gasteiger partial charge in [-0.25, -0.2) is 0 Å². The van der Waals surface area contributed by atoms with Gasteiger partial charge in [-0.1, -0.05) is 53.4 Å². The van der Waals surface area contributed by atoms with Gasteiger partial charge < -0.3 is 24.1 Å². The molecule has 5 nitrogen and oxygen atoms in total. The molecular formula is C23H46O5. The number of hydrogen-bond donors (Lipinski definition) is 1. The van der Waals surface area contributed by atoms with E-state index < -0.39 is 6.10 Å². The molecule has 5 heteroatoms. The van der Waals surface area contributed by atoms with Crippen LogP contribution in [0.3, 0.4) is 0 Å². The van der Waals surface area contributed by atoms with Crippen LogP contribution in [0.2, 0.25) is 0 Å². The maximum Gasteiger partial charge on any atom is 0.113 e. The SMILES string of the molecule is CCCCOC[C@H]1C[C@H](O)[C@H](OCCCC)[C@@H](OCCCC)[C@@H]1OCCCC. The summed E-state index contributed by atoms with van der Waals surface area (Å²) in [5.41, 5.74) is 0. The quantitative estimate of drug-likeness (QED) is 0.356. The topological polar surface area (TPSA) is 57.2 Å². The van der Waals surface area contributed by atoms with E-state index in [-0.39, 0.29) is 24.2 Å². The van der Waals surface area contributed by atoms with Crippen molar-refractivity contribution in [2.75, 3.05) is 33.0 Å². The van der Waals surface area contributed by atoms with Gasteiger partial charge in [-0.3, -0.25) is 0 Å². The van der Waals surface area contributed by atoms with Crippen molar-refractivity contribution < 1.29 is 24.1 Å². The Hall–Kier alpha value is -0.200. The van der Waals surface area contributed by atoms with Crippen molar-refractivity contribution in [2.45, 2.75) is 110 Å². The minimum atomic E-state index is -0.533. The van der Waals surface area contributed by atoms with Gasteiger partial charge in [0, 0.05) is 32.3 Å². The predicted octanol–water partition coefficient (Wildman–Crippen LogP) is 4.74. The highest BCUT2D eigenvalue weighted by Crippen LogP contribution is 2.33. The summed E-state index contributed by atoms with van der Waals surface area (Å²) in [4.78, 5) is 0. The van der Waals surface area contributed by atoms with Crippen molar-refractivity contribution in [1.82, 2.24) is 0 Å². The zero-order valence-corrected chi connectivity index (χ0v) is 18.9. The van der Waals surface area contributed by atoms with Gasteiger partial charge >= 0.3 is 0 Å². The summed E-state index contributed by atoms with van der Waals surface area (Å²) in [6.45, 7) is 12.1. The second kappa shape index (κ2) is 16.6. The van der Waals surface area contributed by atoms with Crippen LogP contribution < -0.4 is 0 Å². The van der Waals surface area contributed by atoms with Crippen LogP contribution in [-0.2, 0) is 18.9 Å². The summed E-state index contributed by atoms with van der Waals surface area (Å²) in [7, 11) is 0. The van der Waals surface area contributed by atoms with Gasteiger partial charge in [-0.15, -0.1) is 0 Å². The molecular weight excluding hydrogens is 356 g/mol. The Morgan fingerprint density at radius 1 is 0.643 bits per heavy atom. The molecule has 1 aliphatic rings. The van der Waals surface area contributed by atoms with Crippen LogP contribution in [0.25, 0.3) is 0 Å². The monoisotopic (exact) mass is 402 g/mol. The molecule has 0 amide bonds. The molecule has 0 saturated heterocycles. The molecule has 0 aromatic heterocycles. The van der Waals surface area contributed by atoms with E-state index in [0.29, 0.717) is 26.2 Å². The summed E-state index contributed by atoms with van der Waals surface area (Å²) in [5.74, 6) is 0.140. The third-order valence-electron chi connectivity index (χ3n) is 5.43. The average Bonchev–Trinajstić information content (AvgIpc) is 2.69. The molecule has 28 heavy (non-hydrogen) atoms. The average molecular weight is 403 g/mol. The van der Waals surface area contributed by atoms with Crippen LogP contribution in [0.15, 0.2) is 0 Å². The van der Waals surface area contributed by atoms with Gasteiger partial charge in [0.15, 0.2) is 0 Å². The van der Waals surface area contributed by atoms with Gasteiger partial charge in [-0.05, 0) is 32.1 Å². The summed E-state index contributed by atoms with van der Waals surface area (Å²) < 4.78 is 24.6. The van der Waals surface area contributed by atoms with Crippen molar-refractivity contribution in [2.24, 2.45) is 5.92 Å². The maximum absolute atomic E-state index is 10.8. The van der Waals surface area contributed by atoms with E-state index in [1.165, 1.54) is 0 Å². The minimum absolute atomic E-state index is 0.0833. The van der Waals surface area contributed by atoms with Gasteiger partial charge in [-0.2, -0.15) is 0 Å². The molecule has 1 N–H and O–H groups in total. The fourth-order valence-electron chi connectivity index (χ4n) is 3.61. The lowest BCUT2D eigenvalue weighted by Crippen LogP contribution is -2.58. The van der Waals surface area contributed by atoms with Gasteiger partial charge in [0.2, 0.25) is 0 Å². The Balaban J connectivity index is 2.84. The first-order valence-electron chi connectivity index (χ1n) is 11.8. The smallest absolute Gasteiger partial charge is 0.113 e. The van der Waals surface area contributed by atoms with E-state index in [2.05, 4.69) is 27.7 Å². The van der Waals surface area contributed by atoms with Gasteiger partial charge in [0.05, 0.1) is 18.8 Å². The van der Waals surface area contributed by atoms with Gasteiger partial charge in [0.25, 0.3) is 0 Å². The number of rotatable bonds is 17. The molecule has 0 unspecified atom stereocenters. The lowest BCUT2D eigenvalue weighted by Gasteiger charge is -2.44. The first kappa shape index (κ1) is 25.8. The molecule has 168 valence electrons. The molecule has 0 bridgehead atoms. The fourth-order valence-corrected chi connectivity index (χ4v) is 3.61. The number of aliphatic hydroxyl groups is 1. The Morgan fingerprint density at radius 2 is 1.11 bits per heavy atom. The van der Waals surface area contributed by atoms with Crippen LogP contribution in [-0.4, -0.2) is 62.6 Å². The highest BCUT2D eigenvalue weighted by molar-refractivity contribution is 4.96. The number of ether oxygens (including phenoxy) is 4. The van der Waals surface area contributed by atoms with Crippen molar-refractivity contribution in [3.05, 3.63) is 0 Å². The van der Waals surface area contributed by atoms with Crippen LogP contribution in [0, 0.1) is 5.92 Å². The molecule has 0 aliphatic heterocycles. The molecule has 1 aliphatic carbocycles. The Kier molecular flexibility index (Phi) is 15.3. The van der Waals surface area contributed by atoms with Crippen LogP contribution in [0.4, 0.5) is 0 Å². The standard InChI is InChI=1S/C23H46O5/c1-5-9-13-25-18-19-17-20(24)22(27-15-11-7-3)23(28-16-12-8-4)21(19)26-14-10-6-2/h19-24H,5-18H2,1-4H3/t19-,20+,21-,22+,23+/m1/s1. The molecule has 5 atom stereocenters. The van der Waals surface area contributed by atoms with Crippen LogP contribution in [0.5, 0.6) is 0 Å². The summed E-state index contributed by atoms with van der Waals surface area (Å²) in [6.07, 6.45) is 7.97. The molecule has 0 radical (unpaired) electrons. The largest absolute Gasteiger partial charge is 0.390 e. The minimum Gasteiger partial charge on any atom is -0.390 e. The van der Waals surface area contributed by atoms with Crippen molar-refractivity contribution >= 4 is 0 Å². The normalized spacial score (nSPS) is 28.0. The third-order valence-corrected chi connectivity index (χ3v) is 5.43. The summed E-state index contributed by atoms with van der Waals surface area (Å²) in [6, 6.07) is 0. The molecule has 0 aromatic rings. The molecule has 0 spiro atoms. The van der Waals surface area contributed by atoms with E-state index in [4.69, 9.17) is 18.9 Å². The van der Waals surface area contributed by atoms with Crippen molar-refractivity contribution in [1.29, 1.82) is 0 Å². The fraction of sp³-hybridized carbons (Fsp3) is 1.00. The lowest BCUT2D eigenvalue weighted by atomic mass is 9.80. The summed E-state index contributed by atoms with van der Waals surface area (Å²) >= 11 is 0. The highest BCUT2D eigenvalue weighted by atomic mass is 16.6. The molecule has 1 fully saturated rings. The second-order valence-electron chi connectivity index (χ2n) is 8.06. The number of unbranched alkanes of at least 4 members (excludes halogenated alkanes) is 4. The van der Waals surface area contributed by atoms with Crippen LogP contribution >= 0.6 is 0 Å². The first-order valence-corrected chi connectivity index (χ1v) is 11.8. The number of hydrogen-bond acceptors (Lipinski definition) is 5. The van der Waals surface area contributed by atoms with Crippen molar-refractivity contribution in [3.8, 4) is 0 Å². The maximum atomic E-state index is 10.8. The molecule has 0 aromatic carbocycles. The second-order valence-corrected chi connectivity index (χ2v) is 8.06. The van der Waals surface area contributed by atoms with E-state index in [1.54, 1.807) is 0 Å².